The molecule has 0 fully saturated rings. The topological polar surface area (TPSA) is 54.6 Å². The molecule has 0 amide bonds. The van der Waals surface area contributed by atoms with Crippen molar-refractivity contribution in [3.63, 3.8) is 0 Å². The number of halogens is 4. The van der Waals surface area contributed by atoms with E-state index >= 15 is 0 Å². The lowest BCUT2D eigenvalue weighted by Gasteiger charge is -2.31. The maximum atomic E-state index is 13.8. The molecule has 4 nitrogen and oxygen atoms in total. The molecule has 1 aliphatic heterocycles. The highest BCUT2D eigenvalue weighted by atomic mass is 35.5. The summed E-state index contributed by atoms with van der Waals surface area (Å²) in [5.74, 6) is -0.141. The molecule has 0 saturated heterocycles. The number of aromatic hydroxyl groups is 1. The van der Waals surface area contributed by atoms with Gasteiger partial charge in [-0.3, -0.25) is 9.36 Å². The molecule has 2 heterocycles. The maximum Gasteiger partial charge on any atom is 0.271 e. The second-order valence-electron chi connectivity index (χ2n) is 8.60. The van der Waals surface area contributed by atoms with Gasteiger partial charge >= 0.3 is 0 Å². The predicted octanol–water partition coefficient (Wildman–Crippen LogP) is 6.64. The second-order valence-corrected chi connectivity index (χ2v) is 11.3. The molecule has 1 atom stereocenters. The number of aryl methyl sites for hydroxylation is 1. The molecule has 0 radical (unpaired) electrons. The molecule has 1 N–H and O–H groups in total. The molecule has 180 valence electrons. The molecule has 0 spiro atoms. The van der Waals surface area contributed by atoms with Crippen LogP contribution in [0.25, 0.3) is 11.8 Å². The minimum atomic E-state index is -0.437. The van der Waals surface area contributed by atoms with Crippen molar-refractivity contribution in [1.82, 2.24) is 4.57 Å². The van der Waals surface area contributed by atoms with Crippen LogP contribution in [-0.2, 0) is 6.42 Å². The molecular weight excluding hydrogens is 558 g/mol. The summed E-state index contributed by atoms with van der Waals surface area (Å²) < 4.78 is 2.08. The Balaban J connectivity index is 1.66. The highest BCUT2D eigenvalue weighted by Crippen LogP contribution is 2.43. The summed E-state index contributed by atoms with van der Waals surface area (Å²) in [6.45, 7) is 0. The van der Waals surface area contributed by atoms with E-state index in [9.17, 15) is 9.90 Å². The van der Waals surface area contributed by atoms with Gasteiger partial charge in [-0.2, -0.15) is 0 Å². The van der Waals surface area contributed by atoms with Crippen LogP contribution in [0.5, 0.6) is 5.75 Å². The summed E-state index contributed by atoms with van der Waals surface area (Å²) >= 11 is 26.4. The fourth-order valence-electron chi connectivity index (χ4n) is 4.86. The zero-order valence-corrected chi connectivity index (χ0v) is 22.3. The largest absolute Gasteiger partial charge is 0.506 e. The number of aromatic nitrogens is 1. The van der Waals surface area contributed by atoms with Crippen molar-refractivity contribution in [2.24, 2.45) is 4.99 Å². The highest BCUT2D eigenvalue weighted by molar-refractivity contribution is 7.07. The van der Waals surface area contributed by atoms with Crippen LogP contribution in [0.3, 0.4) is 0 Å². The first-order chi connectivity index (χ1) is 17.3. The Labute approximate surface area is 230 Å². The predicted molar refractivity (Wildman–Crippen MR) is 147 cm³/mol. The van der Waals surface area contributed by atoms with E-state index in [1.54, 1.807) is 28.8 Å². The number of rotatable bonds is 2. The number of phenolic OH excluding ortho intramolecular Hbond substituents is 1. The van der Waals surface area contributed by atoms with E-state index in [0.717, 1.165) is 35.2 Å². The van der Waals surface area contributed by atoms with Gasteiger partial charge in [0.25, 0.3) is 5.56 Å². The number of benzene rings is 3. The minimum Gasteiger partial charge on any atom is -0.506 e. The highest BCUT2D eigenvalue weighted by Gasteiger charge is 2.33. The van der Waals surface area contributed by atoms with Gasteiger partial charge < -0.3 is 5.11 Å². The van der Waals surface area contributed by atoms with Crippen LogP contribution in [-0.4, -0.2) is 9.67 Å². The van der Waals surface area contributed by atoms with Gasteiger partial charge in [0.15, 0.2) is 4.80 Å². The lowest BCUT2D eigenvalue weighted by atomic mass is 9.83. The molecule has 9 heteroatoms. The van der Waals surface area contributed by atoms with Crippen molar-refractivity contribution in [3.05, 3.63) is 122 Å². The summed E-state index contributed by atoms with van der Waals surface area (Å²) in [7, 11) is 0. The molecule has 36 heavy (non-hydrogen) atoms. The zero-order chi connectivity index (χ0) is 25.1. The summed E-state index contributed by atoms with van der Waals surface area (Å²) in [4.78, 5) is 19.3. The molecule has 0 bridgehead atoms. The normalized spacial score (nSPS) is 16.9. The van der Waals surface area contributed by atoms with Gasteiger partial charge in [-0.25, -0.2) is 4.99 Å². The molecule has 2 aliphatic rings. The average Bonchev–Trinajstić information content (AvgIpc) is 3.16. The number of fused-ring (bicyclic) bond motifs is 3. The maximum absolute atomic E-state index is 13.8. The molecule has 6 rings (SSSR count). The quantitative estimate of drug-likeness (QED) is 0.292. The third-order valence-electron chi connectivity index (χ3n) is 6.47. The SMILES string of the molecule is O=c1/c(=C\c2cc(Cl)cc(Cl)c2O)sc2n1[C@@H](c1ccc(Cl)cc1Cl)C1=C(N=2)c2ccccc2CC1. The van der Waals surface area contributed by atoms with Crippen LogP contribution < -0.4 is 14.9 Å². The van der Waals surface area contributed by atoms with Gasteiger partial charge in [0.05, 0.1) is 21.3 Å². The van der Waals surface area contributed by atoms with Crippen LogP contribution in [0.2, 0.25) is 20.1 Å². The van der Waals surface area contributed by atoms with E-state index in [0.29, 0.717) is 30.0 Å². The second kappa shape index (κ2) is 9.09. The Morgan fingerprint density at radius 2 is 1.75 bits per heavy atom. The minimum absolute atomic E-state index is 0.111. The summed E-state index contributed by atoms with van der Waals surface area (Å²) in [6, 6.07) is 16.1. The number of allylic oxidation sites excluding steroid dienone is 1. The molecule has 3 aromatic carbocycles. The van der Waals surface area contributed by atoms with E-state index in [2.05, 4.69) is 12.1 Å². The van der Waals surface area contributed by atoms with Gasteiger partial charge in [-0.15, -0.1) is 0 Å². The fourth-order valence-corrected chi connectivity index (χ4v) is 6.87. The Kier molecular flexibility index (Phi) is 6.02. The van der Waals surface area contributed by atoms with Crippen LogP contribution in [0.4, 0.5) is 0 Å². The lowest BCUT2D eigenvalue weighted by molar-refractivity contribution is 0.474. The molecular formula is C27H16Cl4N2O2S. The van der Waals surface area contributed by atoms with Crippen LogP contribution >= 0.6 is 57.7 Å². The van der Waals surface area contributed by atoms with Gasteiger partial charge in [-0.1, -0.05) is 88.1 Å². The average molecular weight is 574 g/mol. The third kappa shape index (κ3) is 3.90. The Bertz CT molecular complexity index is 1790. The number of hydrogen-bond donors (Lipinski definition) is 1. The Morgan fingerprint density at radius 3 is 2.56 bits per heavy atom. The fraction of sp³-hybridized carbons (Fsp3) is 0.111. The van der Waals surface area contributed by atoms with E-state index in [4.69, 9.17) is 51.4 Å². The van der Waals surface area contributed by atoms with Crippen molar-refractivity contribution < 1.29 is 5.11 Å². The zero-order valence-electron chi connectivity index (χ0n) is 18.4. The van der Waals surface area contributed by atoms with Crippen LogP contribution in [0.1, 0.15) is 34.7 Å². The van der Waals surface area contributed by atoms with Crippen LogP contribution in [0, 0.1) is 0 Å². The van der Waals surface area contributed by atoms with Crippen molar-refractivity contribution in [3.8, 4) is 5.75 Å². The van der Waals surface area contributed by atoms with Crippen molar-refractivity contribution in [2.45, 2.75) is 18.9 Å². The molecule has 1 aliphatic carbocycles. The number of thiazole rings is 1. The first-order valence-corrected chi connectivity index (χ1v) is 13.4. The number of nitrogens with zero attached hydrogens (tertiary/aromatic N) is 2. The first-order valence-electron chi connectivity index (χ1n) is 11.1. The van der Waals surface area contributed by atoms with E-state index in [1.807, 2.05) is 18.2 Å². The molecule has 4 aromatic rings. The van der Waals surface area contributed by atoms with Gasteiger partial charge in [0.2, 0.25) is 0 Å². The van der Waals surface area contributed by atoms with Crippen LogP contribution in [0.15, 0.2) is 70.0 Å². The summed E-state index contributed by atoms with van der Waals surface area (Å²) in [5, 5.41) is 11.9. The van der Waals surface area contributed by atoms with Crippen molar-refractivity contribution >= 4 is 69.5 Å². The monoisotopic (exact) mass is 572 g/mol. The van der Waals surface area contributed by atoms with Crippen molar-refractivity contribution in [2.75, 3.05) is 0 Å². The first kappa shape index (κ1) is 23.8. The standard InChI is InChI=1S/C27H16Cl4N2O2S/c28-15-6-8-18(20(30)11-15)24-19-7-5-13-3-1-2-4-17(13)23(19)32-27-33(24)26(35)22(36-27)10-14-9-16(29)12-21(31)25(14)34/h1-4,6,8-12,24,34H,5,7H2/b22-10+/t24-/m0/s1. The Morgan fingerprint density at radius 1 is 0.972 bits per heavy atom. The lowest BCUT2D eigenvalue weighted by Crippen LogP contribution is -2.38. The van der Waals surface area contributed by atoms with Crippen molar-refractivity contribution in [1.29, 1.82) is 0 Å². The summed E-state index contributed by atoms with van der Waals surface area (Å²) in [5.41, 5.74) is 5.08. The smallest absolute Gasteiger partial charge is 0.271 e. The molecule has 0 unspecified atom stereocenters. The molecule has 0 saturated carbocycles. The summed E-state index contributed by atoms with van der Waals surface area (Å²) in [6.07, 6.45) is 3.17. The Hall–Kier alpha value is -2.54. The molecule has 1 aromatic heterocycles. The number of phenols is 1. The van der Waals surface area contributed by atoms with E-state index in [1.165, 1.54) is 23.0 Å². The number of hydrogen-bond acceptors (Lipinski definition) is 4. The van der Waals surface area contributed by atoms with E-state index < -0.39 is 6.04 Å². The van der Waals surface area contributed by atoms with Gasteiger partial charge in [0, 0.05) is 26.2 Å². The van der Waals surface area contributed by atoms with Gasteiger partial charge in [0.1, 0.15) is 5.75 Å². The van der Waals surface area contributed by atoms with Gasteiger partial charge in [-0.05, 0) is 59.9 Å². The van der Waals surface area contributed by atoms with E-state index in [-0.39, 0.29) is 16.3 Å². The third-order valence-corrected chi connectivity index (χ3v) is 8.53.